The van der Waals surface area contributed by atoms with Crippen LogP contribution in [0, 0.1) is 0 Å². The molecule has 0 fully saturated rings. The van der Waals surface area contributed by atoms with Gasteiger partial charge in [-0.1, -0.05) is 0 Å². The molecule has 0 saturated heterocycles. The Bertz CT molecular complexity index is 1010. The molecule has 0 amide bonds. The molecule has 7 nitrogen and oxygen atoms in total. The van der Waals surface area contributed by atoms with Crippen LogP contribution in [0.5, 0.6) is 0 Å². The zero-order valence-corrected chi connectivity index (χ0v) is 15.3. The molecule has 29 heavy (non-hydrogen) atoms. The van der Waals surface area contributed by atoms with Crippen molar-refractivity contribution >= 4 is 29.1 Å². The maximum absolute atomic E-state index is 13.0. The minimum Gasteiger partial charge on any atom is -0.480 e. The van der Waals surface area contributed by atoms with E-state index < -0.39 is 36.0 Å². The molecular formula is C14H7F6N5O2S2. The monoisotopic (exact) mass is 455 g/mol. The first-order valence-electron chi connectivity index (χ1n) is 7.34. The van der Waals surface area contributed by atoms with Crippen LogP contribution in [0.1, 0.15) is 11.1 Å². The summed E-state index contributed by atoms with van der Waals surface area (Å²) in [7, 11) is 0. The van der Waals surface area contributed by atoms with Crippen LogP contribution in [-0.4, -0.2) is 36.3 Å². The van der Waals surface area contributed by atoms with E-state index in [1.807, 2.05) is 0 Å². The molecule has 0 spiro atoms. The van der Waals surface area contributed by atoms with Gasteiger partial charge in [-0.25, -0.2) is 9.67 Å². The van der Waals surface area contributed by atoms with Gasteiger partial charge in [0.25, 0.3) is 0 Å². The van der Waals surface area contributed by atoms with Gasteiger partial charge in [0, 0.05) is 10.9 Å². The van der Waals surface area contributed by atoms with Gasteiger partial charge in [0.15, 0.2) is 4.34 Å². The molecule has 154 valence electrons. The Labute approximate surface area is 165 Å². The minimum absolute atomic E-state index is 0.0333. The molecule has 1 aromatic carbocycles. The lowest BCUT2D eigenvalue weighted by Gasteiger charge is -2.13. The minimum atomic E-state index is -4.97. The summed E-state index contributed by atoms with van der Waals surface area (Å²) >= 11 is 1.75. The second-order valence-corrected chi connectivity index (χ2v) is 7.48. The summed E-state index contributed by atoms with van der Waals surface area (Å²) in [6.45, 7) is -0.532. The summed E-state index contributed by atoms with van der Waals surface area (Å²) in [6, 6.07) is 1.19. The first-order chi connectivity index (χ1) is 13.4. The van der Waals surface area contributed by atoms with Gasteiger partial charge in [-0.05, 0) is 40.4 Å². The van der Waals surface area contributed by atoms with E-state index in [9.17, 15) is 31.1 Å². The number of carboxylic acid groups (broad SMARTS) is 1. The highest BCUT2D eigenvalue weighted by Crippen LogP contribution is 2.39. The van der Waals surface area contributed by atoms with Gasteiger partial charge in [-0.15, -0.1) is 16.4 Å². The number of benzene rings is 1. The predicted octanol–water partition coefficient (Wildman–Crippen LogP) is 4.07. The fourth-order valence-corrected chi connectivity index (χ4v) is 3.81. The van der Waals surface area contributed by atoms with Gasteiger partial charge in [0.1, 0.15) is 6.54 Å². The largest absolute Gasteiger partial charge is 0.480 e. The number of hydrogen-bond acceptors (Lipinski definition) is 7. The van der Waals surface area contributed by atoms with Crippen LogP contribution < -0.4 is 0 Å². The van der Waals surface area contributed by atoms with Crippen molar-refractivity contribution in [2.45, 2.75) is 28.4 Å². The summed E-state index contributed by atoms with van der Waals surface area (Å²) in [5, 5.41) is 20.5. The number of tetrazole rings is 1. The lowest BCUT2D eigenvalue weighted by Crippen LogP contribution is -2.11. The van der Waals surface area contributed by atoms with Crippen molar-refractivity contribution in [1.29, 1.82) is 0 Å². The summed E-state index contributed by atoms with van der Waals surface area (Å²) in [6.07, 6.45) is -9.94. The fourth-order valence-electron chi connectivity index (χ4n) is 2.11. The maximum Gasteiger partial charge on any atom is 0.416 e. The Morgan fingerprint density at radius 2 is 1.72 bits per heavy atom. The highest BCUT2D eigenvalue weighted by molar-refractivity contribution is 8.00. The molecule has 1 N–H and O–H groups in total. The van der Waals surface area contributed by atoms with E-state index in [2.05, 4.69) is 20.5 Å². The summed E-state index contributed by atoms with van der Waals surface area (Å²) < 4.78 is 79.1. The average Bonchev–Trinajstić information content (AvgIpc) is 3.23. The van der Waals surface area contributed by atoms with Crippen molar-refractivity contribution in [3.8, 4) is 11.3 Å². The fraction of sp³-hybridized carbons (Fsp3) is 0.214. The first-order valence-corrected chi connectivity index (χ1v) is 9.04. The summed E-state index contributed by atoms with van der Waals surface area (Å²) in [4.78, 5) is 14.8. The molecule has 15 heteroatoms. The molecular weight excluding hydrogens is 448 g/mol. The van der Waals surface area contributed by atoms with Crippen LogP contribution >= 0.6 is 23.1 Å². The Morgan fingerprint density at radius 3 is 2.28 bits per heavy atom. The molecule has 2 heterocycles. The zero-order valence-electron chi connectivity index (χ0n) is 13.7. The van der Waals surface area contributed by atoms with Gasteiger partial charge in [0.2, 0.25) is 5.16 Å². The molecule has 0 bridgehead atoms. The van der Waals surface area contributed by atoms with Crippen LogP contribution in [0.3, 0.4) is 0 Å². The van der Waals surface area contributed by atoms with Crippen LogP contribution in [0.2, 0.25) is 0 Å². The van der Waals surface area contributed by atoms with E-state index >= 15 is 0 Å². The van der Waals surface area contributed by atoms with Crippen LogP contribution in [0.15, 0.2) is 33.1 Å². The van der Waals surface area contributed by atoms with Crippen LogP contribution in [0.25, 0.3) is 11.3 Å². The Balaban J connectivity index is 1.94. The van der Waals surface area contributed by atoms with Crippen LogP contribution in [-0.2, 0) is 23.7 Å². The van der Waals surface area contributed by atoms with E-state index in [1.165, 1.54) is 5.38 Å². The van der Waals surface area contributed by atoms with E-state index in [0.717, 1.165) is 27.8 Å². The zero-order chi connectivity index (χ0) is 21.4. The van der Waals surface area contributed by atoms with Crippen LogP contribution in [0.4, 0.5) is 26.3 Å². The van der Waals surface area contributed by atoms with Crippen molar-refractivity contribution in [2.24, 2.45) is 0 Å². The molecule has 0 aliphatic carbocycles. The number of nitrogens with zero attached hydrogens (tertiary/aromatic N) is 5. The highest BCUT2D eigenvalue weighted by Gasteiger charge is 2.37. The van der Waals surface area contributed by atoms with Crippen molar-refractivity contribution in [2.75, 3.05) is 0 Å². The first kappa shape index (κ1) is 21.0. The number of halogens is 6. The number of carboxylic acids is 1. The molecule has 0 saturated carbocycles. The normalized spacial score (nSPS) is 12.3. The highest BCUT2D eigenvalue weighted by atomic mass is 32.2. The van der Waals surface area contributed by atoms with Gasteiger partial charge in [0.05, 0.1) is 16.8 Å². The van der Waals surface area contributed by atoms with E-state index in [1.54, 1.807) is 0 Å². The Kier molecular flexibility index (Phi) is 5.53. The van der Waals surface area contributed by atoms with E-state index in [-0.39, 0.29) is 26.8 Å². The molecule has 0 atom stereocenters. The summed E-state index contributed by atoms with van der Waals surface area (Å²) in [5.41, 5.74) is -3.36. The molecule has 3 rings (SSSR count). The topological polar surface area (TPSA) is 93.8 Å². The van der Waals surface area contributed by atoms with Crippen molar-refractivity contribution in [1.82, 2.24) is 25.2 Å². The molecule has 0 aliphatic rings. The lowest BCUT2D eigenvalue weighted by atomic mass is 10.0. The summed E-state index contributed by atoms with van der Waals surface area (Å²) in [5.74, 6) is -1.21. The van der Waals surface area contributed by atoms with Crippen molar-refractivity contribution < 1.29 is 36.2 Å². The van der Waals surface area contributed by atoms with Crippen molar-refractivity contribution in [3.63, 3.8) is 0 Å². The van der Waals surface area contributed by atoms with Gasteiger partial charge in [-0.3, -0.25) is 4.79 Å². The third-order valence-electron chi connectivity index (χ3n) is 3.33. The van der Waals surface area contributed by atoms with Gasteiger partial charge in [-0.2, -0.15) is 26.3 Å². The number of aromatic nitrogens is 5. The molecule has 0 unspecified atom stereocenters. The predicted molar refractivity (Wildman–Crippen MR) is 87.1 cm³/mol. The third-order valence-corrected chi connectivity index (χ3v) is 5.24. The van der Waals surface area contributed by atoms with E-state index in [0.29, 0.717) is 12.1 Å². The lowest BCUT2D eigenvalue weighted by molar-refractivity contribution is -0.143. The SMILES string of the molecule is O=C(O)Cn1nnnc1Sc1nc(-c2cc(C(F)(F)F)cc(C(F)(F)F)c2)cs1. The number of hydrogen-bond donors (Lipinski definition) is 1. The number of alkyl halides is 6. The molecule has 0 aliphatic heterocycles. The molecule has 2 aromatic heterocycles. The average molecular weight is 455 g/mol. The number of aliphatic carboxylic acids is 1. The second-order valence-electron chi connectivity index (χ2n) is 5.41. The second kappa shape index (κ2) is 7.62. The smallest absolute Gasteiger partial charge is 0.416 e. The molecule has 0 radical (unpaired) electrons. The Morgan fingerprint density at radius 1 is 1.10 bits per heavy atom. The van der Waals surface area contributed by atoms with Gasteiger partial charge < -0.3 is 5.11 Å². The van der Waals surface area contributed by atoms with Crippen molar-refractivity contribution in [3.05, 3.63) is 34.7 Å². The number of rotatable bonds is 5. The standard InChI is InChI=1S/C14H7F6N5O2S2/c15-13(16,17)7-1-6(2-8(3-7)14(18,19)20)9-5-28-12(21-9)29-11-22-23-24-25(11)4-10(26)27/h1-3,5H,4H2,(H,26,27). The van der Waals surface area contributed by atoms with E-state index in [4.69, 9.17) is 5.11 Å². The van der Waals surface area contributed by atoms with Gasteiger partial charge >= 0.3 is 18.3 Å². The number of thiazole rings is 1. The quantitative estimate of drug-likeness (QED) is 0.580. The maximum atomic E-state index is 13.0. The Hall–Kier alpha value is -2.68. The third kappa shape index (κ3) is 5.03. The molecule has 3 aromatic rings. The number of carbonyl (C=O) groups is 1.